The predicted molar refractivity (Wildman–Crippen MR) is 101 cm³/mol. The molecule has 0 aromatic rings. The molecule has 0 aliphatic heterocycles. The minimum Gasteiger partial charge on any atom is -0.384 e. The van der Waals surface area contributed by atoms with E-state index in [1.165, 1.54) is 12.8 Å². The third-order valence-corrected chi connectivity index (χ3v) is 9.56. The Morgan fingerprint density at radius 1 is 1.08 bits per heavy atom. The molecule has 0 spiro atoms. The van der Waals surface area contributed by atoms with Crippen molar-refractivity contribution in [2.45, 2.75) is 77.7 Å². The van der Waals surface area contributed by atoms with E-state index in [1.54, 1.807) is 0 Å². The Hall–Kier alpha value is -0.850. The van der Waals surface area contributed by atoms with E-state index in [1.807, 2.05) is 0 Å². The second kappa shape index (κ2) is 6.08. The number of ketones is 1. The molecule has 144 valence electrons. The van der Waals surface area contributed by atoms with Crippen LogP contribution in [0.1, 0.15) is 72.1 Å². The van der Waals surface area contributed by atoms with Crippen LogP contribution in [-0.2, 0) is 4.79 Å². The van der Waals surface area contributed by atoms with Crippen LogP contribution in [0, 0.1) is 52.3 Å². The normalized spacial score (nSPS) is 53.1. The average molecular weight is 359 g/mol. The lowest BCUT2D eigenvalue weighted by Gasteiger charge is -2.62. The summed E-state index contributed by atoms with van der Waals surface area (Å²) in [5.41, 5.74) is -0.833. The van der Waals surface area contributed by atoms with Crippen molar-refractivity contribution in [3.8, 4) is 11.8 Å². The smallest absolute Gasteiger partial charge is 0.133 e. The molecule has 4 rings (SSSR count). The summed E-state index contributed by atoms with van der Waals surface area (Å²) in [6.45, 7) is 6.84. The summed E-state index contributed by atoms with van der Waals surface area (Å²) in [5.74, 6) is 9.11. The summed E-state index contributed by atoms with van der Waals surface area (Å²) in [5, 5.41) is 20.4. The Morgan fingerprint density at radius 3 is 2.54 bits per heavy atom. The zero-order valence-corrected chi connectivity index (χ0v) is 16.6. The van der Waals surface area contributed by atoms with E-state index in [-0.39, 0.29) is 17.4 Å². The van der Waals surface area contributed by atoms with Gasteiger partial charge in [-0.15, -0.1) is 0 Å². The van der Waals surface area contributed by atoms with Crippen LogP contribution in [0.25, 0.3) is 0 Å². The van der Waals surface area contributed by atoms with Gasteiger partial charge in [-0.25, -0.2) is 0 Å². The fourth-order valence-corrected chi connectivity index (χ4v) is 7.89. The lowest BCUT2D eigenvalue weighted by molar-refractivity contribution is -0.160. The lowest BCUT2D eigenvalue weighted by Crippen LogP contribution is -2.58. The van der Waals surface area contributed by atoms with E-state index in [2.05, 4.69) is 32.6 Å². The van der Waals surface area contributed by atoms with Gasteiger partial charge in [-0.05, 0) is 73.5 Å². The minimum absolute atomic E-state index is 0.159. The SMILES string of the molecule is C[C@H]1CC(=O)C[C@@H]2CC[C@@H]3[C@H](CC[C@@]4(C)[C@H]3CC[C@@]4(O)C#CCO)[C@]21C. The highest BCUT2D eigenvalue weighted by Gasteiger charge is 2.65. The highest BCUT2D eigenvalue weighted by molar-refractivity contribution is 5.80. The number of aliphatic hydroxyl groups is 2. The molecule has 4 aliphatic rings. The molecular formula is C23H34O3. The van der Waals surface area contributed by atoms with Gasteiger partial charge in [-0.2, -0.15) is 0 Å². The predicted octanol–water partition coefficient (Wildman–Crippen LogP) is 3.57. The van der Waals surface area contributed by atoms with Crippen LogP contribution in [-0.4, -0.2) is 28.2 Å². The highest BCUT2D eigenvalue weighted by Crippen LogP contribution is 2.68. The van der Waals surface area contributed by atoms with Gasteiger partial charge in [0.05, 0.1) is 0 Å². The molecule has 8 atom stereocenters. The molecular weight excluding hydrogens is 324 g/mol. The second-order valence-corrected chi connectivity index (χ2v) is 10.2. The topological polar surface area (TPSA) is 57.5 Å². The number of rotatable bonds is 0. The fraction of sp³-hybridized carbons (Fsp3) is 0.870. The molecule has 3 heteroatoms. The van der Waals surface area contributed by atoms with Crippen molar-refractivity contribution in [2.75, 3.05) is 6.61 Å². The quantitative estimate of drug-likeness (QED) is 0.651. The molecule has 3 nitrogen and oxygen atoms in total. The van der Waals surface area contributed by atoms with Crippen LogP contribution in [0.3, 0.4) is 0 Å². The van der Waals surface area contributed by atoms with Gasteiger partial charge < -0.3 is 10.2 Å². The lowest BCUT2D eigenvalue weighted by atomic mass is 9.42. The Labute approximate surface area is 157 Å². The fourth-order valence-electron chi connectivity index (χ4n) is 7.89. The van der Waals surface area contributed by atoms with Gasteiger partial charge in [0.15, 0.2) is 0 Å². The maximum absolute atomic E-state index is 12.2. The van der Waals surface area contributed by atoms with Crippen LogP contribution in [0.15, 0.2) is 0 Å². The Kier molecular flexibility index (Phi) is 4.33. The number of hydrogen-bond donors (Lipinski definition) is 2. The first-order valence-electron chi connectivity index (χ1n) is 10.6. The van der Waals surface area contributed by atoms with Gasteiger partial charge in [0.1, 0.15) is 18.0 Å². The molecule has 4 saturated carbocycles. The Balaban J connectivity index is 1.66. The van der Waals surface area contributed by atoms with Crippen LogP contribution in [0.5, 0.6) is 0 Å². The summed E-state index contributed by atoms with van der Waals surface area (Å²) in [6.07, 6.45) is 7.85. The standard InChI is InChI=1S/C23H34O3/c1-15-13-17(25)14-16-5-6-18-19-8-11-23(26,9-4-12-24)21(19,2)10-7-20(18)22(15,16)3/h15-16,18-20,24,26H,5-8,10-14H2,1-3H3/t15-,16-,18-,19-,20-,21-,22-,23-/m0/s1. The number of aliphatic hydroxyl groups excluding tert-OH is 1. The van der Waals surface area contributed by atoms with Crippen LogP contribution in [0.4, 0.5) is 0 Å². The zero-order chi connectivity index (χ0) is 18.7. The van der Waals surface area contributed by atoms with E-state index < -0.39 is 5.60 Å². The Bertz CT molecular complexity index is 660. The van der Waals surface area contributed by atoms with Gasteiger partial charge in [0.2, 0.25) is 0 Å². The van der Waals surface area contributed by atoms with Crippen molar-refractivity contribution >= 4 is 5.78 Å². The summed E-state index contributed by atoms with van der Waals surface area (Å²) in [4.78, 5) is 12.2. The van der Waals surface area contributed by atoms with E-state index in [4.69, 9.17) is 5.11 Å². The largest absolute Gasteiger partial charge is 0.384 e. The minimum atomic E-state index is -0.947. The van der Waals surface area contributed by atoms with Gasteiger partial charge in [0, 0.05) is 18.3 Å². The molecule has 0 heterocycles. The molecule has 0 bridgehead atoms. The van der Waals surface area contributed by atoms with Crippen molar-refractivity contribution in [1.29, 1.82) is 0 Å². The van der Waals surface area contributed by atoms with E-state index in [9.17, 15) is 9.90 Å². The van der Waals surface area contributed by atoms with Crippen molar-refractivity contribution in [2.24, 2.45) is 40.4 Å². The molecule has 4 fully saturated rings. The van der Waals surface area contributed by atoms with Gasteiger partial charge >= 0.3 is 0 Å². The maximum atomic E-state index is 12.2. The summed E-state index contributed by atoms with van der Waals surface area (Å²) >= 11 is 0. The van der Waals surface area contributed by atoms with E-state index >= 15 is 0 Å². The molecule has 0 aromatic heterocycles. The molecule has 0 radical (unpaired) electrons. The molecule has 2 N–H and O–H groups in total. The molecule has 4 aliphatic carbocycles. The first-order chi connectivity index (χ1) is 12.3. The summed E-state index contributed by atoms with van der Waals surface area (Å²) in [6, 6.07) is 0. The van der Waals surface area contributed by atoms with Gasteiger partial charge in [-0.1, -0.05) is 32.6 Å². The number of carbonyl (C=O) groups excluding carboxylic acids is 1. The van der Waals surface area contributed by atoms with Crippen LogP contribution in [0.2, 0.25) is 0 Å². The molecule has 0 aromatic carbocycles. The maximum Gasteiger partial charge on any atom is 0.133 e. The second-order valence-electron chi connectivity index (χ2n) is 10.2. The number of hydrogen-bond acceptors (Lipinski definition) is 3. The van der Waals surface area contributed by atoms with Crippen molar-refractivity contribution in [3.05, 3.63) is 0 Å². The van der Waals surface area contributed by atoms with Crippen molar-refractivity contribution in [1.82, 2.24) is 0 Å². The van der Waals surface area contributed by atoms with Crippen molar-refractivity contribution in [3.63, 3.8) is 0 Å². The third-order valence-electron chi connectivity index (χ3n) is 9.56. The van der Waals surface area contributed by atoms with E-state index in [0.717, 1.165) is 38.5 Å². The summed E-state index contributed by atoms with van der Waals surface area (Å²) < 4.78 is 0. The first-order valence-corrected chi connectivity index (χ1v) is 10.6. The number of fused-ring (bicyclic) bond motifs is 5. The first kappa shape index (κ1) is 18.5. The molecule has 0 amide bonds. The number of Topliss-reactive ketones (excluding diaryl/α,β-unsaturated/α-hetero) is 1. The average Bonchev–Trinajstić information content (AvgIpc) is 2.86. The highest BCUT2D eigenvalue weighted by atomic mass is 16.3. The number of carbonyl (C=O) groups is 1. The third kappa shape index (κ3) is 2.31. The Morgan fingerprint density at radius 2 is 1.81 bits per heavy atom. The molecule has 0 unspecified atom stereocenters. The van der Waals surface area contributed by atoms with Crippen molar-refractivity contribution < 1.29 is 15.0 Å². The molecule has 26 heavy (non-hydrogen) atoms. The van der Waals surface area contributed by atoms with Crippen LogP contribution < -0.4 is 0 Å². The molecule has 0 saturated heterocycles. The van der Waals surface area contributed by atoms with Gasteiger partial charge in [0.25, 0.3) is 0 Å². The van der Waals surface area contributed by atoms with E-state index in [0.29, 0.717) is 35.4 Å². The zero-order valence-electron chi connectivity index (χ0n) is 16.6. The monoisotopic (exact) mass is 358 g/mol. The van der Waals surface area contributed by atoms with Crippen LogP contribution >= 0.6 is 0 Å². The summed E-state index contributed by atoms with van der Waals surface area (Å²) in [7, 11) is 0. The van der Waals surface area contributed by atoms with Gasteiger partial charge in [-0.3, -0.25) is 4.79 Å².